The van der Waals surface area contributed by atoms with E-state index in [-0.39, 0.29) is 5.78 Å². The molecule has 0 spiro atoms. The van der Waals surface area contributed by atoms with E-state index in [2.05, 4.69) is 16.5 Å². The fourth-order valence-electron chi connectivity index (χ4n) is 2.25. The largest absolute Gasteiger partial charge is 0.370 e. The van der Waals surface area contributed by atoms with Crippen molar-refractivity contribution in [2.24, 2.45) is 0 Å². The van der Waals surface area contributed by atoms with E-state index >= 15 is 0 Å². The van der Waals surface area contributed by atoms with E-state index in [4.69, 9.17) is 0 Å². The highest BCUT2D eigenvalue weighted by Crippen LogP contribution is 2.21. The third-order valence-corrected chi connectivity index (χ3v) is 3.26. The number of rotatable bonds is 5. The number of allylic oxidation sites excluding steroid dienone is 1. The minimum absolute atomic E-state index is 0.174. The van der Waals surface area contributed by atoms with Crippen molar-refractivity contribution in [1.82, 2.24) is 4.98 Å². The van der Waals surface area contributed by atoms with E-state index in [9.17, 15) is 4.79 Å². The Morgan fingerprint density at radius 2 is 2.18 bits per heavy atom. The number of nitrogens with one attached hydrogen (secondary N) is 1. The Kier molecular flexibility index (Phi) is 4.02. The van der Waals surface area contributed by atoms with Crippen LogP contribution in [0.25, 0.3) is 0 Å². The molecule has 17 heavy (non-hydrogen) atoms. The summed E-state index contributed by atoms with van der Waals surface area (Å²) in [5.41, 5.74) is 1.89. The van der Waals surface area contributed by atoms with Crippen molar-refractivity contribution in [2.45, 2.75) is 32.1 Å². The summed E-state index contributed by atoms with van der Waals surface area (Å²) in [7, 11) is 0. The fourth-order valence-corrected chi connectivity index (χ4v) is 2.25. The number of carbonyl (C=O) groups excluding carboxylic acids is 1. The number of nitrogens with zero attached hydrogens (tertiary/aromatic N) is 1. The second kappa shape index (κ2) is 5.71. The van der Waals surface area contributed by atoms with Crippen molar-refractivity contribution in [1.29, 1.82) is 0 Å². The van der Waals surface area contributed by atoms with Gasteiger partial charge < -0.3 is 9.88 Å². The van der Waals surface area contributed by atoms with E-state index in [0.717, 1.165) is 30.9 Å². The summed E-state index contributed by atoms with van der Waals surface area (Å²) in [6.07, 6.45) is 8.86. The number of aromatic amines is 1. The minimum atomic E-state index is 0.174. The van der Waals surface area contributed by atoms with Gasteiger partial charge in [-0.3, -0.25) is 4.79 Å². The Morgan fingerprint density at radius 3 is 2.88 bits per heavy atom. The van der Waals surface area contributed by atoms with Crippen LogP contribution >= 0.6 is 0 Å². The van der Waals surface area contributed by atoms with Crippen LogP contribution in [0.3, 0.4) is 0 Å². The van der Waals surface area contributed by atoms with Crippen molar-refractivity contribution in [3.05, 3.63) is 30.6 Å². The van der Waals surface area contributed by atoms with Crippen molar-refractivity contribution in [3.63, 3.8) is 0 Å². The lowest BCUT2D eigenvalue weighted by Crippen LogP contribution is -2.28. The van der Waals surface area contributed by atoms with Crippen LogP contribution in [0.5, 0.6) is 0 Å². The molecule has 0 amide bonds. The van der Waals surface area contributed by atoms with Crippen LogP contribution in [0.4, 0.5) is 5.69 Å². The van der Waals surface area contributed by atoms with Crippen LogP contribution in [0.15, 0.2) is 24.9 Å². The highest BCUT2D eigenvalue weighted by atomic mass is 16.1. The molecule has 1 aromatic rings. The number of carbonyl (C=O) groups is 1. The van der Waals surface area contributed by atoms with Gasteiger partial charge in [0, 0.05) is 25.7 Å². The summed E-state index contributed by atoms with van der Waals surface area (Å²) < 4.78 is 0. The zero-order valence-corrected chi connectivity index (χ0v) is 10.2. The number of anilines is 1. The normalized spacial score (nSPS) is 15.9. The second-order valence-corrected chi connectivity index (χ2v) is 4.57. The van der Waals surface area contributed by atoms with Gasteiger partial charge in [0.2, 0.25) is 0 Å². The van der Waals surface area contributed by atoms with Crippen molar-refractivity contribution in [3.8, 4) is 0 Å². The lowest BCUT2D eigenvalue weighted by molar-refractivity contribution is 0.0979. The maximum absolute atomic E-state index is 11.8. The van der Waals surface area contributed by atoms with Gasteiger partial charge in [-0.05, 0) is 31.7 Å². The number of Topliss-reactive ketones (excluding diaryl/α,β-unsaturated/α-hetero) is 1. The molecular formula is C14H20N2O. The standard InChI is InChI=1S/C14H20N2O/c1-2-3-7-14(17)13-10-12(11-15-13)16-8-5-4-6-9-16/h2,10-11,15H,1,3-9H2. The smallest absolute Gasteiger partial charge is 0.179 e. The molecule has 3 heteroatoms. The van der Waals surface area contributed by atoms with E-state index < -0.39 is 0 Å². The molecule has 2 heterocycles. The first-order valence-electron chi connectivity index (χ1n) is 6.38. The third-order valence-electron chi connectivity index (χ3n) is 3.26. The molecule has 1 aromatic heterocycles. The van der Waals surface area contributed by atoms with Crippen LogP contribution in [0.1, 0.15) is 42.6 Å². The van der Waals surface area contributed by atoms with E-state index in [1.165, 1.54) is 19.3 Å². The van der Waals surface area contributed by atoms with Crippen LogP contribution in [-0.4, -0.2) is 23.9 Å². The summed E-state index contributed by atoms with van der Waals surface area (Å²) in [4.78, 5) is 17.2. The Balaban J connectivity index is 1.99. The highest BCUT2D eigenvalue weighted by molar-refractivity contribution is 5.95. The predicted octanol–water partition coefficient (Wildman–Crippen LogP) is 3.15. The van der Waals surface area contributed by atoms with Crippen molar-refractivity contribution in [2.75, 3.05) is 18.0 Å². The third kappa shape index (κ3) is 2.99. The molecule has 1 N–H and O–H groups in total. The van der Waals surface area contributed by atoms with Gasteiger partial charge in [-0.25, -0.2) is 0 Å². The zero-order chi connectivity index (χ0) is 12.1. The molecule has 0 unspecified atom stereocenters. The number of ketones is 1. The van der Waals surface area contributed by atoms with Gasteiger partial charge in [-0.2, -0.15) is 0 Å². The summed E-state index contributed by atoms with van der Waals surface area (Å²) in [6, 6.07) is 1.98. The van der Waals surface area contributed by atoms with Gasteiger partial charge >= 0.3 is 0 Å². The van der Waals surface area contributed by atoms with Crippen LogP contribution in [0, 0.1) is 0 Å². The van der Waals surface area contributed by atoms with Gasteiger partial charge in [0.25, 0.3) is 0 Å². The first-order chi connectivity index (χ1) is 8.31. The second-order valence-electron chi connectivity index (χ2n) is 4.57. The number of piperidine rings is 1. The van der Waals surface area contributed by atoms with Crippen LogP contribution in [0.2, 0.25) is 0 Å². The highest BCUT2D eigenvalue weighted by Gasteiger charge is 2.14. The molecule has 0 atom stereocenters. The molecule has 1 aliphatic heterocycles. The molecule has 1 fully saturated rings. The first-order valence-corrected chi connectivity index (χ1v) is 6.38. The Morgan fingerprint density at radius 1 is 1.41 bits per heavy atom. The van der Waals surface area contributed by atoms with E-state index in [0.29, 0.717) is 6.42 Å². The number of H-pyrrole nitrogens is 1. The molecule has 3 nitrogen and oxygen atoms in total. The molecule has 0 aliphatic carbocycles. The van der Waals surface area contributed by atoms with Crippen LogP contribution in [-0.2, 0) is 0 Å². The Hall–Kier alpha value is -1.51. The monoisotopic (exact) mass is 232 g/mol. The van der Waals surface area contributed by atoms with Gasteiger partial charge in [-0.15, -0.1) is 6.58 Å². The Labute approximate surface area is 103 Å². The summed E-state index contributed by atoms with van der Waals surface area (Å²) in [5.74, 6) is 0.174. The molecule has 0 bridgehead atoms. The van der Waals surface area contributed by atoms with E-state index in [1.54, 1.807) is 6.08 Å². The average molecular weight is 232 g/mol. The molecule has 1 saturated heterocycles. The molecule has 0 aromatic carbocycles. The topological polar surface area (TPSA) is 36.1 Å². The summed E-state index contributed by atoms with van der Waals surface area (Å²) in [5, 5.41) is 0. The number of hydrogen-bond acceptors (Lipinski definition) is 2. The molecule has 2 rings (SSSR count). The first kappa shape index (κ1) is 12.0. The maximum Gasteiger partial charge on any atom is 0.179 e. The molecule has 0 radical (unpaired) electrons. The van der Waals surface area contributed by atoms with Crippen molar-refractivity contribution < 1.29 is 4.79 Å². The molecule has 92 valence electrons. The van der Waals surface area contributed by atoms with Gasteiger partial charge in [0.1, 0.15) is 0 Å². The predicted molar refractivity (Wildman–Crippen MR) is 70.6 cm³/mol. The summed E-state index contributed by atoms with van der Waals surface area (Å²) >= 11 is 0. The Bertz CT molecular complexity index is 389. The van der Waals surface area contributed by atoms with Crippen molar-refractivity contribution >= 4 is 11.5 Å². The molecule has 1 aliphatic rings. The maximum atomic E-state index is 11.8. The lowest BCUT2D eigenvalue weighted by Gasteiger charge is -2.27. The fraction of sp³-hybridized carbons (Fsp3) is 0.500. The molecule has 0 saturated carbocycles. The van der Waals surface area contributed by atoms with Gasteiger partial charge in [0.15, 0.2) is 5.78 Å². The quantitative estimate of drug-likeness (QED) is 0.625. The van der Waals surface area contributed by atoms with E-state index in [1.807, 2.05) is 12.3 Å². The SMILES string of the molecule is C=CCCC(=O)c1cc(N2CCCCC2)c[nH]1. The number of aromatic nitrogens is 1. The number of hydrogen-bond donors (Lipinski definition) is 1. The minimum Gasteiger partial charge on any atom is -0.370 e. The van der Waals surface area contributed by atoms with Crippen LogP contribution < -0.4 is 4.90 Å². The van der Waals surface area contributed by atoms with Gasteiger partial charge in [0.05, 0.1) is 11.4 Å². The molecular weight excluding hydrogens is 212 g/mol. The average Bonchev–Trinajstić information content (AvgIpc) is 2.86. The zero-order valence-electron chi connectivity index (χ0n) is 10.2. The lowest BCUT2D eigenvalue weighted by atomic mass is 10.1. The summed E-state index contributed by atoms with van der Waals surface area (Å²) in [6.45, 7) is 5.85. The van der Waals surface area contributed by atoms with Gasteiger partial charge in [-0.1, -0.05) is 6.08 Å².